The van der Waals surface area contributed by atoms with E-state index in [0.29, 0.717) is 14.3 Å². The molecule has 0 aliphatic heterocycles. The predicted octanol–water partition coefficient (Wildman–Crippen LogP) is 3.99. The first-order chi connectivity index (χ1) is 11.3. The molecule has 2 nitrogen and oxygen atoms in total. The van der Waals surface area contributed by atoms with Crippen LogP contribution in [-0.4, -0.2) is 26.4 Å². The molecule has 0 aromatic heterocycles. The number of benzene rings is 2. The number of phenolic OH excluding ortho intramolecular Hbond substituents is 1. The van der Waals surface area contributed by atoms with Gasteiger partial charge in [0, 0.05) is 18.6 Å². The van der Waals surface area contributed by atoms with Crippen LogP contribution < -0.4 is 15.8 Å². The van der Waals surface area contributed by atoms with Gasteiger partial charge in [0.15, 0.2) is 0 Å². The number of aromatic hydroxyl groups is 1. The molecule has 7 heteroatoms. The summed E-state index contributed by atoms with van der Waals surface area (Å²) < 4.78 is 0. The second-order valence-electron chi connectivity index (χ2n) is 6.12. The van der Waals surface area contributed by atoms with Crippen LogP contribution in [0.1, 0.15) is 5.56 Å². The molecule has 0 amide bonds. The van der Waals surface area contributed by atoms with Crippen LogP contribution in [0.4, 0.5) is 0 Å². The zero-order valence-corrected chi connectivity index (χ0v) is 19.3. The zero-order chi connectivity index (χ0) is 18.2. The average Bonchev–Trinajstić information content (AvgIpc) is 2.51. The third-order valence-electron chi connectivity index (χ3n) is 3.34. The van der Waals surface area contributed by atoms with Crippen molar-refractivity contribution in [1.82, 2.24) is 0 Å². The van der Waals surface area contributed by atoms with E-state index in [2.05, 4.69) is 48.9 Å². The summed E-state index contributed by atoms with van der Waals surface area (Å²) in [6.45, 7) is 6.77. The molecule has 1 atom stereocenters. The quantitative estimate of drug-likeness (QED) is 0.441. The number of aliphatic imine (C=N–C) groups is 1. The standard InChI is InChI=1S/C17H22NOPSi.2ClH.Ti/c1-18-12-13-8-5-6-9-14(13)20-15-10-7-11-16(17(15)19)21(2,3)4;;;/h5-12,19-20H,1-4H3;2*1H;/q;;;+2/p-2. The number of halogens is 2. The van der Waals surface area contributed by atoms with Gasteiger partial charge in [-0.15, -0.1) is 0 Å². The molecule has 0 saturated heterocycles. The van der Waals surface area contributed by atoms with Gasteiger partial charge in [0.2, 0.25) is 0 Å². The van der Waals surface area contributed by atoms with Crippen molar-refractivity contribution >= 4 is 57.3 Å². The Hall–Kier alpha value is -0.149. The van der Waals surface area contributed by atoms with Gasteiger partial charge < -0.3 is 5.11 Å². The van der Waals surface area contributed by atoms with Crippen molar-refractivity contribution in [1.29, 1.82) is 0 Å². The molecule has 128 valence electrons. The maximum atomic E-state index is 10.6. The predicted molar refractivity (Wildman–Crippen MR) is 110 cm³/mol. The minimum absolute atomic E-state index is 0.441. The fraction of sp³-hybridized carbons (Fsp3) is 0.235. The molecule has 0 heterocycles. The van der Waals surface area contributed by atoms with Crippen LogP contribution in [0.5, 0.6) is 5.75 Å². The van der Waals surface area contributed by atoms with E-state index in [1.807, 2.05) is 24.4 Å². The molecule has 1 unspecified atom stereocenters. The molecular weight excluding hydrogens is 412 g/mol. The summed E-state index contributed by atoms with van der Waals surface area (Å²) in [5.41, 5.74) is 1.12. The first kappa shape index (κ1) is 21.9. The topological polar surface area (TPSA) is 32.6 Å². The van der Waals surface area contributed by atoms with Crippen molar-refractivity contribution in [3.8, 4) is 5.75 Å². The van der Waals surface area contributed by atoms with E-state index < -0.39 is 25.1 Å². The molecule has 1 N–H and O–H groups in total. The molecule has 2 rings (SSSR count). The van der Waals surface area contributed by atoms with Crippen LogP contribution in [0, 0.1) is 0 Å². The molecule has 0 saturated carbocycles. The Morgan fingerprint density at radius 2 is 1.62 bits per heavy atom. The molecule has 0 bridgehead atoms. The van der Waals surface area contributed by atoms with E-state index in [-0.39, 0.29) is 0 Å². The van der Waals surface area contributed by atoms with Crippen LogP contribution >= 0.6 is 27.2 Å². The van der Waals surface area contributed by atoms with Crippen LogP contribution in [0.2, 0.25) is 19.6 Å². The summed E-state index contributed by atoms with van der Waals surface area (Å²) in [4.78, 5) is 4.11. The van der Waals surface area contributed by atoms with Gasteiger partial charge in [-0.2, -0.15) is 0 Å². The van der Waals surface area contributed by atoms with E-state index in [4.69, 9.17) is 18.6 Å². The Morgan fingerprint density at radius 3 is 2.21 bits per heavy atom. The Kier molecular flexibility index (Phi) is 9.81. The van der Waals surface area contributed by atoms with Gasteiger partial charge in [0.25, 0.3) is 0 Å². The number of rotatable bonds is 4. The molecule has 0 fully saturated rings. The second kappa shape index (κ2) is 10.8. The fourth-order valence-corrected chi connectivity index (χ4v) is 5.02. The maximum absolute atomic E-state index is 10.6. The molecule has 0 aliphatic rings. The third-order valence-corrected chi connectivity index (χ3v) is 6.76. The monoisotopic (exact) mass is 433 g/mol. The Labute approximate surface area is 164 Å². The second-order valence-corrected chi connectivity index (χ2v) is 15.1. The van der Waals surface area contributed by atoms with E-state index in [0.717, 1.165) is 16.1 Å². The van der Waals surface area contributed by atoms with Gasteiger partial charge in [0.1, 0.15) is 5.75 Å². The van der Waals surface area contributed by atoms with Gasteiger partial charge in [-0.1, -0.05) is 70.7 Å². The van der Waals surface area contributed by atoms with E-state index in [9.17, 15) is 5.11 Å². The SMILES string of the molecule is CN=Cc1ccccc1Pc1cccc([Si](C)(C)C)c1O.[Cl][Ti][Cl]. The fourth-order valence-electron chi connectivity index (χ4n) is 2.26. The number of hydrogen-bond acceptors (Lipinski definition) is 2. The Morgan fingerprint density at radius 1 is 1.04 bits per heavy atom. The normalized spacial score (nSPS) is 11.6. The molecule has 2 aromatic rings. The third kappa shape index (κ3) is 6.63. The van der Waals surface area contributed by atoms with Gasteiger partial charge in [-0.05, 0) is 16.1 Å². The van der Waals surface area contributed by atoms with Gasteiger partial charge in [-0.25, -0.2) is 0 Å². The van der Waals surface area contributed by atoms with Crippen molar-refractivity contribution in [3.05, 3.63) is 48.0 Å². The molecule has 2 aromatic carbocycles. The summed E-state index contributed by atoms with van der Waals surface area (Å²) in [6.07, 6.45) is 1.88. The van der Waals surface area contributed by atoms with Gasteiger partial charge in [0.05, 0.1) is 8.07 Å². The molecule has 0 aliphatic carbocycles. The Bertz CT molecular complexity index is 693. The minimum atomic E-state index is -1.53. The summed E-state index contributed by atoms with van der Waals surface area (Å²) in [5.74, 6) is 0.484. The first-order valence-corrected chi connectivity index (χ1v) is 16.2. The van der Waals surface area contributed by atoms with E-state index >= 15 is 0 Å². The summed E-state index contributed by atoms with van der Waals surface area (Å²) in [7, 11) is 10.5. The van der Waals surface area contributed by atoms with Gasteiger partial charge in [-0.3, -0.25) is 4.99 Å². The van der Waals surface area contributed by atoms with Crippen LogP contribution in [0.25, 0.3) is 0 Å². The number of para-hydroxylation sites is 1. The van der Waals surface area contributed by atoms with Crippen molar-refractivity contribution in [2.24, 2.45) is 4.99 Å². The van der Waals surface area contributed by atoms with E-state index in [1.54, 1.807) is 7.05 Å². The molecule has 0 spiro atoms. The first-order valence-electron chi connectivity index (χ1n) is 7.42. The van der Waals surface area contributed by atoms with Gasteiger partial charge >= 0.3 is 35.6 Å². The van der Waals surface area contributed by atoms with Crippen LogP contribution in [-0.2, 0) is 17.0 Å². The van der Waals surface area contributed by atoms with Crippen LogP contribution in [0.15, 0.2) is 47.5 Å². The summed E-state index contributed by atoms with van der Waals surface area (Å²) in [5, 5.41) is 14.0. The van der Waals surface area contributed by atoms with Crippen molar-refractivity contribution < 1.29 is 22.1 Å². The number of nitrogens with zero attached hydrogens (tertiary/aromatic N) is 1. The number of phenols is 1. The number of hydrogen-bond donors (Lipinski definition) is 1. The Balaban J connectivity index is 0.000000891. The van der Waals surface area contributed by atoms with Crippen molar-refractivity contribution in [2.45, 2.75) is 19.6 Å². The van der Waals surface area contributed by atoms with Crippen molar-refractivity contribution in [2.75, 3.05) is 7.05 Å². The summed E-state index contributed by atoms with van der Waals surface area (Å²) in [6, 6.07) is 14.4. The van der Waals surface area contributed by atoms with Crippen LogP contribution in [0.3, 0.4) is 0 Å². The molecular formula is C17H22Cl2NOPSiTi. The average molecular weight is 434 g/mol. The van der Waals surface area contributed by atoms with Crippen molar-refractivity contribution in [3.63, 3.8) is 0 Å². The summed E-state index contributed by atoms with van der Waals surface area (Å²) >= 11 is -0.556. The molecule has 24 heavy (non-hydrogen) atoms. The zero-order valence-electron chi connectivity index (χ0n) is 14.3. The molecule has 0 radical (unpaired) electrons. The van der Waals surface area contributed by atoms with E-state index in [1.165, 1.54) is 5.30 Å².